The van der Waals surface area contributed by atoms with Crippen LogP contribution in [-0.2, 0) is 15.5 Å². The Hall–Kier alpha value is -0.140. The molecule has 0 aromatic carbocycles. The first-order chi connectivity index (χ1) is 6.81. The predicted molar refractivity (Wildman–Crippen MR) is 53.0 cm³/mol. The SMILES string of the molecule is CC(CCS(C)=O)NCCOC(F)(F)F. The van der Waals surface area contributed by atoms with Gasteiger partial charge in [-0.1, -0.05) is 0 Å². The highest BCUT2D eigenvalue weighted by atomic mass is 32.2. The minimum Gasteiger partial charge on any atom is -0.312 e. The maximum absolute atomic E-state index is 11.5. The standard InChI is InChI=1S/C8H16F3NO2S/c1-7(3-6-15(2)13)12-4-5-14-8(9,10)11/h7,12H,3-6H2,1-2H3. The molecule has 15 heavy (non-hydrogen) atoms. The van der Waals surface area contributed by atoms with Crippen molar-refractivity contribution in [1.29, 1.82) is 0 Å². The van der Waals surface area contributed by atoms with Crippen LogP contribution < -0.4 is 5.32 Å². The average molecular weight is 247 g/mol. The van der Waals surface area contributed by atoms with Gasteiger partial charge in [-0.3, -0.25) is 8.95 Å². The zero-order valence-electron chi connectivity index (χ0n) is 8.76. The van der Waals surface area contributed by atoms with E-state index in [1.807, 2.05) is 6.92 Å². The molecule has 0 aromatic rings. The van der Waals surface area contributed by atoms with Crippen molar-refractivity contribution in [1.82, 2.24) is 5.32 Å². The van der Waals surface area contributed by atoms with E-state index in [0.717, 1.165) is 0 Å². The molecule has 2 atom stereocenters. The molecule has 1 N–H and O–H groups in total. The van der Waals surface area contributed by atoms with E-state index in [4.69, 9.17) is 0 Å². The molecule has 0 aliphatic rings. The van der Waals surface area contributed by atoms with Gasteiger partial charge in [-0.15, -0.1) is 13.2 Å². The van der Waals surface area contributed by atoms with E-state index in [9.17, 15) is 17.4 Å². The summed E-state index contributed by atoms with van der Waals surface area (Å²) >= 11 is 0. The molecule has 92 valence electrons. The van der Waals surface area contributed by atoms with Crippen LogP contribution in [0.15, 0.2) is 0 Å². The lowest BCUT2D eigenvalue weighted by atomic mass is 10.2. The largest absolute Gasteiger partial charge is 0.522 e. The lowest BCUT2D eigenvalue weighted by Crippen LogP contribution is -2.32. The van der Waals surface area contributed by atoms with Crippen molar-refractivity contribution < 1.29 is 22.1 Å². The van der Waals surface area contributed by atoms with Gasteiger partial charge in [-0.2, -0.15) is 0 Å². The minimum absolute atomic E-state index is 0.0470. The highest BCUT2D eigenvalue weighted by Crippen LogP contribution is 2.15. The fourth-order valence-electron chi connectivity index (χ4n) is 0.917. The first-order valence-electron chi connectivity index (χ1n) is 4.55. The lowest BCUT2D eigenvalue weighted by Gasteiger charge is -2.13. The van der Waals surface area contributed by atoms with Crippen LogP contribution in [0.2, 0.25) is 0 Å². The van der Waals surface area contributed by atoms with E-state index < -0.39 is 23.8 Å². The molecule has 0 bridgehead atoms. The fourth-order valence-corrected chi connectivity index (χ4v) is 1.60. The van der Waals surface area contributed by atoms with Crippen LogP contribution >= 0.6 is 0 Å². The number of hydrogen-bond acceptors (Lipinski definition) is 3. The van der Waals surface area contributed by atoms with Crippen LogP contribution in [0.5, 0.6) is 0 Å². The third-order valence-electron chi connectivity index (χ3n) is 1.70. The minimum atomic E-state index is -4.56. The van der Waals surface area contributed by atoms with Gasteiger partial charge in [0.25, 0.3) is 0 Å². The number of ether oxygens (including phenoxy) is 1. The van der Waals surface area contributed by atoms with Crippen molar-refractivity contribution in [3.63, 3.8) is 0 Å². The third kappa shape index (κ3) is 11.8. The van der Waals surface area contributed by atoms with E-state index in [-0.39, 0.29) is 12.6 Å². The Morgan fingerprint density at radius 1 is 1.47 bits per heavy atom. The smallest absolute Gasteiger partial charge is 0.312 e. The molecule has 0 spiro atoms. The summed E-state index contributed by atoms with van der Waals surface area (Å²) in [5.41, 5.74) is 0. The first-order valence-corrected chi connectivity index (χ1v) is 6.28. The van der Waals surface area contributed by atoms with Crippen molar-refractivity contribution in [2.24, 2.45) is 0 Å². The summed E-state index contributed by atoms with van der Waals surface area (Å²) in [6.45, 7) is 1.57. The Morgan fingerprint density at radius 3 is 2.53 bits per heavy atom. The number of alkyl halides is 3. The maximum atomic E-state index is 11.5. The predicted octanol–water partition coefficient (Wildman–Crippen LogP) is 1.27. The van der Waals surface area contributed by atoms with Gasteiger partial charge in [0.1, 0.15) is 0 Å². The molecule has 0 rings (SSSR count). The second-order valence-electron chi connectivity index (χ2n) is 3.22. The summed E-state index contributed by atoms with van der Waals surface area (Å²) in [7, 11) is -0.859. The average Bonchev–Trinajstić information content (AvgIpc) is 2.07. The number of rotatable bonds is 7. The zero-order chi connectivity index (χ0) is 11.9. The molecule has 0 fully saturated rings. The van der Waals surface area contributed by atoms with E-state index in [2.05, 4.69) is 10.1 Å². The molecule has 0 heterocycles. The molecular formula is C8H16F3NO2S. The molecule has 0 amide bonds. The molecule has 7 heteroatoms. The molecule has 0 aliphatic carbocycles. The molecule has 0 aromatic heterocycles. The van der Waals surface area contributed by atoms with Crippen LogP contribution in [0, 0.1) is 0 Å². The quantitative estimate of drug-likeness (QED) is 0.688. The second kappa shape index (κ2) is 7.19. The van der Waals surface area contributed by atoms with Crippen molar-refractivity contribution in [2.45, 2.75) is 25.7 Å². The second-order valence-corrected chi connectivity index (χ2v) is 4.77. The monoisotopic (exact) mass is 247 g/mol. The fraction of sp³-hybridized carbons (Fsp3) is 1.00. The third-order valence-corrected chi connectivity index (χ3v) is 2.51. The van der Waals surface area contributed by atoms with Gasteiger partial charge in [-0.05, 0) is 13.3 Å². The molecule has 0 saturated heterocycles. The van der Waals surface area contributed by atoms with E-state index in [0.29, 0.717) is 12.2 Å². The number of halogens is 3. The lowest BCUT2D eigenvalue weighted by molar-refractivity contribution is -0.323. The molecule has 0 aliphatic heterocycles. The summed E-state index contributed by atoms with van der Waals surface area (Å²) < 4.78 is 48.9. The summed E-state index contributed by atoms with van der Waals surface area (Å²) in [6, 6.07) is 0.0470. The number of nitrogens with one attached hydrogen (secondary N) is 1. The van der Waals surface area contributed by atoms with Crippen LogP contribution in [0.3, 0.4) is 0 Å². The molecular weight excluding hydrogens is 231 g/mol. The van der Waals surface area contributed by atoms with E-state index in [1.165, 1.54) is 0 Å². The molecule has 0 saturated carbocycles. The van der Waals surface area contributed by atoms with Gasteiger partial charge in [0.15, 0.2) is 0 Å². The highest BCUT2D eigenvalue weighted by molar-refractivity contribution is 7.84. The van der Waals surface area contributed by atoms with E-state index >= 15 is 0 Å². The Kier molecular flexibility index (Phi) is 7.12. The topological polar surface area (TPSA) is 38.3 Å². The van der Waals surface area contributed by atoms with Gasteiger partial charge >= 0.3 is 6.36 Å². The Labute approximate surface area is 89.8 Å². The van der Waals surface area contributed by atoms with Crippen molar-refractivity contribution in [3.05, 3.63) is 0 Å². The molecule has 2 unspecified atom stereocenters. The van der Waals surface area contributed by atoms with Gasteiger partial charge in [-0.25, -0.2) is 0 Å². The summed E-state index contributed by atoms with van der Waals surface area (Å²) in [6.07, 6.45) is -2.29. The van der Waals surface area contributed by atoms with Gasteiger partial charge in [0, 0.05) is 35.4 Å². The van der Waals surface area contributed by atoms with Gasteiger partial charge < -0.3 is 5.32 Å². The summed E-state index contributed by atoms with van der Waals surface area (Å²) in [4.78, 5) is 0. The van der Waals surface area contributed by atoms with Crippen LogP contribution in [-0.4, -0.2) is 41.8 Å². The van der Waals surface area contributed by atoms with Gasteiger partial charge in [0.2, 0.25) is 0 Å². The Bertz CT molecular complexity index is 199. The Balaban J connectivity index is 3.39. The van der Waals surface area contributed by atoms with Crippen molar-refractivity contribution in [3.8, 4) is 0 Å². The summed E-state index contributed by atoms with van der Waals surface area (Å²) in [5.74, 6) is 0.550. The highest BCUT2D eigenvalue weighted by Gasteiger charge is 2.28. The van der Waals surface area contributed by atoms with Crippen molar-refractivity contribution in [2.75, 3.05) is 25.2 Å². The molecule has 0 radical (unpaired) electrons. The first kappa shape index (κ1) is 14.9. The van der Waals surface area contributed by atoms with Crippen LogP contribution in [0.1, 0.15) is 13.3 Å². The Morgan fingerprint density at radius 2 is 2.07 bits per heavy atom. The molecule has 3 nitrogen and oxygen atoms in total. The normalized spacial score (nSPS) is 16.3. The van der Waals surface area contributed by atoms with E-state index in [1.54, 1.807) is 6.26 Å². The maximum Gasteiger partial charge on any atom is 0.522 e. The van der Waals surface area contributed by atoms with Crippen LogP contribution in [0.4, 0.5) is 13.2 Å². The number of hydrogen-bond donors (Lipinski definition) is 1. The zero-order valence-corrected chi connectivity index (χ0v) is 9.58. The summed E-state index contributed by atoms with van der Waals surface area (Å²) in [5, 5.41) is 2.85. The van der Waals surface area contributed by atoms with Crippen molar-refractivity contribution >= 4 is 10.8 Å². The van der Waals surface area contributed by atoms with Crippen LogP contribution in [0.25, 0.3) is 0 Å². The van der Waals surface area contributed by atoms with Gasteiger partial charge in [0.05, 0.1) is 6.61 Å².